The molecule has 3 heterocycles. The highest BCUT2D eigenvalue weighted by molar-refractivity contribution is 5.56. The summed E-state index contributed by atoms with van der Waals surface area (Å²) < 4.78 is 2.04. The standard InChI is InChI=1S/C14H20N4O/c15-9-12-14(16-13-6-2-4-8-18(12)13)17-7-3-1-5-11(17)10-19/h2,4,6,8,11,19H,1,3,5,7,9-10,15H2. The van der Waals surface area contributed by atoms with Crippen LogP contribution < -0.4 is 10.6 Å². The van der Waals surface area contributed by atoms with Crippen LogP contribution in [0.2, 0.25) is 0 Å². The molecule has 0 aliphatic carbocycles. The minimum absolute atomic E-state index is 0.170. The average molecular weight is 260 g/mol. The number of fused-ring (bicyclic) bond motifs is 1. The predicted octanol–water partition coefficient (Wildman–Crippen LogP) is 1.14. The first kappa shape index (κ1) is 12.4. The molecule has 1 saturated heterocycles. The van der Waals surface area contributed by atoms with E-state index in [4.69, 9.17) is 10.7 Å². The molecule has 0 bridgehead atoms. The molecule has 1 atom stereocenters. The lowest BCUT2D eigenvalue weighted by Crippen LogP contribution is -2.42. The van der Waals surface area contributed by atoms with E-state index >= 15 is 0 Å². The Balaban J connectivity index is 2.07. The Kier molecular flexibility index (Phi) is 3.40. The van der Waals surface area contributed by atoms with Gasteiger partial charge in [0.1, 0.15) is 5.65 Å². The molecule has 0 aromatic carbocycles. The van der Waals surface area contributed by atoms with E-state index in [2.05, 4.69) is 4.90 Å². The number of nitrogens with zero attached hydrogens (tertiary/aromatic N) is 3. The van der Waals surface area contributed by atoms with Crippen molar-refractivity contribution in [3.05, 3.63) is 30.1 Å². The molecule has 2 aromatic rings. The molecule has 19 heavy (non-hydrogen) atoms. The van der Waals surface area contributed by atoms with Crippen molar-refractivity contribution in [3.8, 4) is 0 Å². The second kappa shape index (κ2) is 5.19. The fraction of sp³-hybridized carbons (Fsp3) is 0.500. The van der Waals surface area contributed by atoms with Gasteiger partial charge in [0.2, 0.25) is 0 Å². The van der Waals surface area contributed by atoms with E-state index in [1.165, 1.54) is 6.42 Å². The maximum absolute atomic E-state index is 9.55. The lowest BCUT2D eigenvalue weighted by molar-refractivity contribution is 0.239. The average Bonchev–Trinajstić information content (AvgIpc) is 2.85. The molecule has 1 aliphatic rings. The Morgan fingerprint density at radius 3 is 3.05 bits per heavy atom. The van der Waals surface area contributed by atoms with Crippen molar-refractivity contribution in [3.63, 3.8) is 0 Å². The number of aliphatic hydroxyl groups excluding tert-OH is 1. The first-order valence-electron chi connectivity index (χ1n) is 6.88. The van der Waals surface area contributed by atoms with E-state index in [1.807, 2.05) is 28.8 Å². The minimum Gasteiger partial charge on any atom is -0.394 e. The van der Waals surface area contributed by atoms with Gasteiger partial charge in [0.25, 0.3) is 0 Å². The summed E-state index contributed by atoms with van der Waals surface area (Å²) in [5.74, 6) is 0.937. The number of anilines is 1. The third kappa shape index (κ3) is 2.09. The van der Waals surface area contributed by atoms with Crippen molar-refractivity contribution in [2.75, 3.05) is 18.1 Å². The molecule has 3 N–H and O–H groups in total. The minimum atomic E-state index is 0.170. The van der Waals surface area contributed by atoms with Gasteiger partial charge in [-0.2, -0.15) is 0 Å². The van der Waals surface area contributed by atoms with E-state index in [0.717, 1.165) is 36.5 Å². The number of rotatable bonds is 3. The number of aliphatic hydroxyl groups is 1. The summed E-state index contributed by atoms with van der Waals surface area (Å²) in [6.45, 7) is 1.58. The predicted molar refractivity (Wildman–Crippen MR) is 75.2 cm³/mol. The monoisotopic (exact) mass is 260 g/mol. The molecule has 1 aliphatic heterocycles. The highest BCUT2D eigenvalue weighted by Gasteiger charge is 2.26. The lowest BCUT2D eigenvalue weighted by Gasteiger charge is -2.35. The van der Waals surface area contributed by atoms with E-state index < -0.39 is 0 Å². The number of nitrogens with two attached hydrogens (primary N) is 1. The number of imidazole rings is 1. The largest absolute Gasteiger partial charge is 0.394 e. The van der Waals surface area contributed by atoms with Gasteiger partial charge in [0, 0.05) is 19.3 Å². The van der Waals surface area contributed by atoms with E-state index in [1.54, 1.807) is 0 Å². The summed E-state index contributed by atoms with van der Waals surface area (Å²) >= 11 is 0. The maximum atomic E-state index is 9.55. The van der Waals surface area contributed by atoms with Crippen molar-refractivity contribution < 1.29 is 5.11 Å². The SMILES string of the molecule is NCc1c(N2CCCCC2CO)nc2ccccn12. The van der Waals surface area contributed by atoms with Crippen LogP contribution in [0.5, 0.6) is 0 Å². The van der Waals surface area contributed by atoms with Crippen molar-refractivity contribution in [1.82, 2.24) is 9.38 Å². The highest BCUT2D eigenvalue weighted by atomic mass is 16.3. The van der Waals surface area contributed by atoms with E-state index in [9.17, 15) is 5.11 Å². The number of aromatic nitrogens is 2. The molecule has 5 heteroatoms. The topological polar surface area (TPSA) is 66.8 Å². The Bertz CT molecular complexity index is 566. The second-order valence-electron chi connectivity index (χ2n) is 5.04. The van der Waals surface area contributed by atoms with Gasteiger partial charge in [-0.05, 0) is 31.4 Å². The molecular formula is C14H20N4O. The van der Waals surface area contributed by atoms with E-state index in [-0.39, 0.29) is 12.6 Å². The van der Waals surface area contributed by atoms with Crippen LogP contribution in [0.1, 0.15) is 25.0 Å². The summed E-state index contributed by atoms with van der Waals surface area (Å²) in [6, 6.07) is 6.12. The highest BCUT2D eigenvalue weighted by Crippen LogP contribution is 2.27. The van der Waals surface area contributed by atoms with Crippen LogP contribution >= 0.6 is 0 Å². The Morgan fingerprint density at radius 1 is 1.37 bits per heavy atom. The van der Waals surface area contributed by atoms with Gasteiger partial charge in [-0.15, -0.1) is 0 Å². The van der Waals surface area contributed by atoms with Gasteiger partial charge < -0.3 is 20.1 Å². The van der Waals surface area contributed by atoms with E-state index in [0.29, 0.717) is 6.54 Å². The van der Waals surface area contributed by atoms with Crippen LogP contribution in [-0.2, 0) is 6.54 Å². The van der Waals surface area contributed by atoms with Gasteiger partial charge in [-0.3, -0.25) is 0 Å². The van der Waals surface area contributed by atoms with Gasteiger partial charge in [-0.1, -0.05) is 6.07 Å². The Hall–Kier alpha value is -1.59. The van der Waals surface area contributed by atoms with Gasteiger partial charge >= 0.3 is 0 Å². The molecule has 0 spiro atoms. The molecule has 0 amide bonds. The van der Waals surface area contributed by atoms with Gasteiger partial charge in [0.15, 0.2) is 5.82 Å². The first-order chi connectivity index (χ1) is 9.35. The van der Waals surface area contributed by atoms with Crippen LogP contribution in [0.25, 0.3) is 5.65 Å². The summed E-state index contributed by atoms with van der Waals surface area (Å²) in [4.78, 5) is 6.92. The number of pyridine rings is 1. The second-order valence-corrected chi connectivity index (χ2v) is 5.04. The van der Waals surface area contributed by atoms with Crippen molar-refractivity contribution in [1.29, 1.82) is 0 Å². The number of piperidine rings is 1. The van der Waals surface area contributed by atoms with Crippen LogP contribution in [0.15, 0.2) is 24.4 Å². The number of hydrogen-bond donors (Lipinski definition) is 2. The molecule has 1 fully saturated rings. The lowest BCUT2D eigenvalue weighted by atomic mass is 10.0. The zero-order chi connectivity index (χ0) is 13.2. The van der Waals surface area contributed by atoms with Crippen LogP contribution in [-0.4, -0.2) is 33.7 Å². The number of hydrogen-bond acceptors (Lipinski definition) is 4. The van der Waals surface area contributed by atoms with Crippen LogP contribution in [0.4, 0.5) is 5.82 Å². The molecule has 1 unspecified atom stereocenters. The molecule has 0 saturated carbocycles. The molecule has 102 valence electrons. The first-order valence-corrected chi connectivity index (χ1v) is 6.88. The molecular weight excluding hydrogens is 240 g/mol. The van der Waals surface area contributed by atoms with Crippen molar-refractivity contribution in [2.45, 2.75) is 31.8 Å². The zero-order valence-corrected chi connectivity index (χ0v) is 11.0. The third-order valence-corrected chi connectivity index (χ3v) is 3.91. The maximum Gasteiger partial charge on any atom is 0.152 e. The molecule has 3 rings (SSSR count). The smallest absolute Gasteiger partial charge is 0.152 e. The fourth-order valence-electron chi connectivity index (χ4n) is 2.92. The van der Waals surface area contributed by atoms with Crippen LogP contribution in [0.3, 0.4) is 0 Å². The molecule has 0 radical (unpaired) electrons. The van der Waals surface area contributed by atoms with Gasteiger partial charge in [0.05, 0.1) is 18.3 Å². The quantitative estimate of drug-likeness (QED) is 0.868. The normalized spacial score (nSPS) is 20.1. The fourth-order valence-corrected chi connectivity index (χ4v) is 2.92. The molecule has 2 aromatic heterocycles. The Labute approximate surface area is 112 Å². The summed E-state index contributed by atoms with van der Waals surface area (Å²) in [5.41, 5.74) is 7.85. The zero-order valence-electron chi connectivity index (χ0n) is 11.0. The van der Waals surface area contributed by atoms with Crippen LogP contribution in [0, 0.1) is 0 Å². The van der Waals surface area contributed by atoms with Crippen molar-refractivity contribution >= 4 is 11.5 Å². The van der Waals surface area contributed by atoms with Gasteiger partial charge in [-0.25, -0.2) is 4.98 Å². The van der Waals surface area contributed by atoms with Crippen molar-refractivity contribution in [2.24, 2.45) is 5.73 Å². The Morgan fingerprint density at radius 2 is 2.26 bits per heavy atom. The summed E-state index contributed by atoms with van der Waals surface area (Å²) in [5, 5.41) is 9.55. The third-order valence-electron chi connectivity index (χ3n) is 3.91. The molecule has 5 nitrogen and oxygen atoms in total. The summed E-state index contributed by atoms with van der Waals surface area (Å²) in [6.07, 6.45) is 5.34. The summed E-state index contributed by atoms with van der Waals surface area (Å²) in [7, 11) is 0.